The minimum Gasteiger partial charge on any atom is -0.388 e. The summed E-state index contributed by atoms with van der Waals surface area (Å²) in [5.41, 5.74) is 3.79. The minimum absolute atomic E-state index is 0.132. The predicted octanol–water partition coefficient (Wildman–Crippen LogP) is 2.50. The molecule has 3 aromatic rings. The number of anilines is 3. The number of nitrogens with zero attached hydrogens (tertiary/aromatic N) is 4. The van der Waals surface area contributed by atoms with Gasteiger partial charge in [0.15, 0.2) is 0 Å². The summed E-state index contributed by atoms with van der Waals surface area (Å²) >= 11 is 0. The summed E-state index contributed by atoms with van der Waals surface area (Å²) in [6, 6.07) is 7.61. The summed E-state index contributed by atoms with van der Waals surface area (Å²) in [6.07, 6.45) is 6.61. The third-order valence-electron chi connectivity index (χ3n) is 6.02. The highest BCUT2D eigenvalue weighted by Gasteiger charge is 2.33. The fraction of sp³-hybridized carbons (Fsp3) is 0.333. The second-order valence-corrected chi connectivity index (χ2v) is 8.78. The second kappa shape index (κ2) is 8.42. The van der Waals surface area contributed by atoms with E-state index in [9.17, 15) is 9.90 Å². The van der Waals surface area contributed by atoms with E-state index in [1.165, 1.54) is 0 Å². The van der Waals surface area contributed by atoms with Crippen molar-refractivity contribution in [3.63, 3.8) is 0 Å². The first kappa shape index (κ1) is 21.3. The van der Waals surface area contributed by atoms with Crippen molar-refractivity contribution in [1.29, 1.82) is 0 Å². The molecule has 1 atom stereocenters. The van der Waals surface area contributed by atoms with Crippen LogP contribution < -0.4 is 15.5 Å². The lowest BCUT2D eigenvalue weighted by molar-refractivity contribution is -0.0928. The molecule has 3 aromatic heterocycles. The maximum atomic E-state index is 12.6. The number of amides is 1. The molecular formula is C24H26N6O3. The molecule has 9 nitrogen and oxygen atoms in total. The molecule has 0 aliphatic carbocycles. The standard InChI is InChI=1S/C24H26N6O3/c1-24(2,32)19-14-30(9-10-33-19)16-3-4-20(26-11-16)29-18-13-27-22(15-5-7-25-8-6-15)17-12-28-23(31)21(17)18/h3-8,11,13,19,32H,9-10,12,14H2,1-2H3,(H,26,29)(H,28,31). The molecule has 0 spiro atoms. The molecule has 1 fully saturated rings. The van der Waals surface area contributed by atoms with E-state index < -0.39 is 5.60 Å². The Morgan fingerprint density at radius 2 is 2.00 bits per heavy atom. The molecule has 1 saturated heterocycles. The molecule has 0 aromatic carbocycles. The molecule has 2 aliphatic rings. The van der Waals surface area contributed by atoms with Crippen LogP contribution in [0.4, 0.5) is 17.2 Å². The van der Waals surface area contributed by atoms with E-state index in [0.717, 1.165) is 29.1 Å². The normalized spacial score (nSPS) is 18.1. The number of pyridine rings is 3. The number of carbonyl (C=O) groups is 1. The van der Waals surface area contributed by atoms with Crippen LogP contribution in [-0.2, 0) is 11.3 Å². The maximum Gasteiger partial charge on any atom is 0.254 e. The molecule has 9 heteroatoms. The van der Waals surface area contributed by atoms with Crippen molar-refractivity contribution in [2.75, 3.05) is 29.9 Å². The van der Waals surface area contributed by atoms with Crippen LogP contribution in [0.2, 0.25) is 0 Å². The number of ether oxygens (including phenoxy) is 1. The summed E-state index contributed by atoms with van der Waals surface area (Å²) in [4.78, 5) is 28.0. The number of aliphatic hydroxyl groups is 1. The first-order valence-corrected chi connectivity index (χ1v) is 10.9. The van der Waals surface area contributed by atoms with Crippen molar-refractivity contribution in [3.05, 3.63) is 60.2 Å². The van der Waals surface area contributed by atoms with Crippen molar-refractivity contribution < 1.29 is 14.6 Å². The van der Waals surface area contributed by atoms with Crippen LogP contribution in [0.5, 0.6) is 0 Å². The maximum absolute atomic E-state index is 12.6. The van der Waals surface area contributed by atoms with Crippen LogP contribution in [0.15, 0.2) is 49.1 Å². The lowest BCUT2D eigenvalue weighted by atomic mass is 10.00. The van der Waals surface area contributed by atoms with E-state index in [2.05, 4.69) is 30.5 Å². The van der Waals surface area contributed by atoms with Gasteiger partial charge in [0, 0.05) is 43.2 Å². The molecule has 33 heavy (non-hydrogen) atoms. The number of carbonyl (C=O) groups excluding carboxylic acids is 1. The van der Waals surface area contributed by atoms with Gasteiger partial charge in [0.05, 0.1) is 47.2 Å². The SMILES string of the molecule is CC(C)(O)C1CN(c2ccc(Nc3cnc(-c4ccncc4)c4c3C(=O)NC4)nc2)CCO1. The number of aromatic nitrogens is 3. The van der Waals surface area contributed by atoms with Crippen molar-refractivity contribution in [3.8, 4) is 11.3 Å². The molecule has 1 amide bonds. The van der Waals surface area contributed by atoms with Crippen LogP contribution in [0.3, 0.4) is 0 Å². The zero-order valence-electron chi connectivity index (χ0n) is 18.6. The predicted molar refractivity (Wildman–Crippen MR) is 124 cm³/mol. The number of nitrogens with one attached hydrogen (secondary N) is 2. The lowest BCUT2D eigenvalue weighted by Gasteiger charge is -2.39. The summed E-state index contributed by atoms with van der Waals surface area (Å²) in [7, 11) is 0. The van der Waals surface area contributed by atoms with Crippen molar-refractivity contribution in [2.24, 2.45) is 0 Å². The van der Waals surface area contributed by atoms with E-state index in [1.807, 2.05) is 24.3 Å². The molecule has 1 unspecified atom stereocenters. The van der Waals surface area contributed by atoms with Gasteiger partial charge in [-0.15, -0.1) is 0 Å². The Kier molecular flexibility index (Phi) is 5.43. The molecular weight excluding hydrogens is 420 g/mol. The Morgan fingerprint density at radius 1 is 1.18 bits per heavy atom. The van der Waals surface area contributed by atoms with E-state index in [0.29, 0.717) is 36.8 Å². The van der Waals surface area contributed by atoms with Gasteiger partial charge in [-0.25, -0.2) is 4.98 Å². The van der Waals surface area contributed by atoms with Gasteiger partial charge in [0.2, 0.25) is 0 Å². The van der Waals surface area contributed by atoms with Crippen LogP contribution in [0.1, 0.15) is 29.8 Å². The van der Waals surface area contributed by atoms with Gasteiger partial charge in [-0.3, -0.25) is 14.8 Å². The van der Waals surface area contributed by atoms with E-state index in [4.69, 9.17) is 4.74 Å². The van der Waals surface area contributed by atoms with Crippen molar-refractivity contribution in [2.45, 2.75) is 32.1 Å². The smallest absolute Gasteiger partial charge is 0.254 e. The number of fused-ring (bicyclic) bond motifs is 1. The van der Waals surface area contributed by atoms with Gasteiger partial charge in [-0.05, 0) is 38.1 Å². The molecule has 170 valence electrons. The van der Waals surface area contributed by atoms with Gasteiger partial charge in [0.25, 0.3) is 5.91 Å². The summed E-state index contributed by atoms with van der Waals surface area (Å²) < 4.78 is 5.72. The van der Waals surface area contributed by atoms with E-state index in [-0.39, 0.29) is 12.0 Å². The average Bonchev–Trinajstić information content (AvgIpc) is 3.22. The van der Waals surface area contributed by atoms with Crippen molar-refractivity contribution >= 4 is 23.1 Å². The Hall–Kier alpha value is -3.56. The fourth-order valence-corrected chi connectivity index (χ4v) is 4.19. The van der Waals surface area contributed by atoms with Crippen LogP contribution in [0, 0.1) is 0 Å². The van der Waals surface area contributed by atoms with Gasteiger partial charge in [0.1, 0.15) is 11.9 Å². The van der Waals surface area contributed by atoms with E-state index in [1.54, 1.807) is 38.6 Å². The highest BCUT2D eigenvalue weighted by atomic mass is 16.5. The zero-order chi connectivity index (χ0) is 23.0. The lowest BCUT2D eigenvalue weighted by Crippen LogP contribution is -2.52. The van der Waals surface area contributed by atoms with Crippen LogP contribution in [0.25, 0.3) is 11.3 Å². The number of hydrogen-bond acceptors (Lipinski definition) is 8. The first-order valence-electron chi connectivity index (χ1n) is 10.9. The molecule has 5 heterocycles. The largest absolute Gasteiger partial charge is 0.388 e. The number of hydrogen-bond donors (Lipinski definition) is 3. The molecule has 3 N–H and O–H groups in total. The molecule has 0 bridgehead atoms. The first-order chi connectivity index (χ1) is 15.9. The highest BCUT2D eigenvalue weighted by Crippen LogP contribution is 2.33. The third-order valence-corrected chi connectivity index (χ3v) is 6.02. The molecule has 0 saturated carbocycles. The fourth-order valence-electron chi connectivity index (χ4n) is 4.19. The van der Waals surface area contributed by atoms with Gasteiger partial charge < -0.3 is 25.4 Å². The Bertz CT molecular complexity index is 1160. The van der Waals surface area contributed by atoms with Gasteiger partial charge in [-0.1, -0.05) is 0 Å². The zero-order valence-corrected chi connectivity index (χ0v) is 18.6. The Labute approximate surface area is 191 Å². The monoisotopic (exact) mass is 446 g/mol. The Balaban J connectivity index is 1.37. The number of morpholine rings is 1. The van der Waals surface area contributed by atoms with E-state index >= 15 is 0 Å². The average molecular weight is 447 g/mol. The van der Waals surface area contributed by atoms with Gasteiger partial charge >= 0.3 is 0 Å². The minimum atomic E-state index is -0.913. The Morgan fingerprint density at radius 3 is 2.73 bits per heavy atom. The highest BCUT2D eigenvalue weighted by molar-refractivity contribution is 6.05. The second-order valence-electron chi connectivity index (χ2n) is 8.78. The summed E-state index contributed by atoms with van der Waals surface area (Å²) in [6.45, 7) is 5.82. The summed E-state index contributed by atoms with van der Waals surface area (Å²) in [5, 5.41) is 16.4. The third kappa shape index (κ3) is 4.24. The molecule has 0 radical (unpaired) electrons. The molecule has 5 rings (SSSR count). The summed E-state index contributed by atoms with van der Waals surface area (Å²) in [5.74, 6) is 0.485. The van der Waals surface area contributed by atoms with Crippen LogP contribution in [-0.4, -0.2) is 57.4 Å². The number of rotatable bonds is 5. The topological polar surface area (TPSA) is 112 Å². The van der Waals surface area contributed by atoms with Gasteiger partial charge in [-0.2, -0.15) is 0 Å². The molecule has 2 aliphatic heterocycles. The quantitative estimate of drug-likeness (QED) is 0.548. The van der Waals surface area contributed by atoms with Crippen LogP contribution >= 0.6 is 0 Å². The van der Waals surface area contributed by atoms with Crippen molar-refractivity contribution in [1.82, 2.24) is 20.3 Å².